The predicted octanol–water partition coefficient (Wildman–Crippen LogP) is 3.14. The van der Waals surface area contributed by atoms with Gasteiger partial charge in [0.15, 0.2) is 0 Å². The molecule has 0 saturated heterocycles. The van der Waals surface area contributed by atoms with Crippen molar-refractivity contribution in [1.82, 2.24) is 5.32 Å². The maximum atomic E-state index is 11.7. The van der Waals surface area contributed by atoms with Crippen molar-refractivity contribution in [3.8, 4) is 11.8 Å². The summed E-state index contributed by atoms with van der Waals surface area (Å²) in [6, 6.07) is 4.96. The smallest absolute Gasteiger partial charge is 0.254 e. The molecule has 0 spiro atoms. The predicted molar refractivity (Wildman–Crippen MR) is 66.9 cm³/mol. The fraction of sp³-hybridized carbons (Fsp3) is 0.250. The average Bonchev–Trinajstić information content (AvgIpc) is 2.24. The SMILES string of the molecule is CC#CCCNC(=O)c1c(Cl)cccc1Cl. The number of hydrogen-bond acceptors (Lipinski definition) is 1. The second kappa shape index (κ2) is 6.42. The Morgan fingerprint density at radius 1 is 1.38 bits per heavy atom. The largest absolute Gasteiger partial charge is 0.351 e. The molecular weight excluding hydrogens is 245 g/mol. The van der Waals surface area contributed by atoms with Crippen molar-refractivity contribution in [2.24, 2.45) is 0 Å². The second-order valence-electron chi connectivity index (χ2n) is 3.03. The minimum absolute atomic E-state index is 0.270. The van der Waals surface area contributed by atoms with Crippen molar-refractivity contribution in [3.63, 3.8) is 0 Å². The Bertz CT molecular complexity index is 426. The van der Waals surface area contributed by atoms with Crippen LogP contribution in [-0.4, -0.2) is 12.5 Å². The monoisotopic (exact) mass is 255 g/mol. The maximum absolute atomic E-state index is 11.7. The molecule has 0 saturated carbocycles. The first kappa shape index (κ1) is 12.9. The Morgan fingerprint density at radius 2 is 2.00 bits per heavy atom. The molecule has 0 aliphatic heterocycles. The number of hydrogen-bond donors (Lipinski definition) is 1. The normalized spacial score (nSPS) is 9.19. The Balaban J connectivity index is 2.68. The molecule has 2 nitrogen and oxygen atoms in total. The second-order valence-corrected chi connectivity index (χ2v) is 3.84. The molecular formula is C12H11Cl2NO. The van der Waals surface area contributed by atoms with Crippen LogP contribution in [0.15, 0.2) is 18.2 Å². The number of rotatable bonds is 3. The van der Waals surface area contributed by atoms with E-state index < -0.39 is 0 Å². The van der Waals surface area contributed by atoms with Crippen LogP contribution in [0.4, 0.5) is 0 Å². The van der Waals surface area contributed by atoms with Crippen LogP contribution in [0.25, 0.3) is 0 Å². The van der Waals surface area contributed by atoms with E-state index in [1.54, 1.807) is 25.1 Å². The highest BCUT2D eigenvalue weighted by Gasteiger charge is 2.13. The van der Waals surface area contributed by atoms with E-state index >= 15 is 0 Å². The number of halogens is 2. The molecule has 0 aliphatic rings. The number of nitrogens with one attached hydrogen (secondary N) is 1. The summed E-state index contributed by atoms with van der Waals surface area (Å²) in [4.78, 5) is 11.7. The summed E-state index contributed by atoms with van der Waals surface area (Å²) in [5, 5.41) is 3.41. The Kier molecular flexibility index (Phi) is 5.18. The summed E-state index contributed by atoms with van der Waals surface area (Å²) >= 11 is 11.8. The van der Waals surface area contributed by atoms with Gasteiger partial charge in [-0.25, -0.2) is 0 Å². The molecule has 4 heteroatoms. The molecule has 0 unspecified atom stereocenters. The molecule has 0 atom stereocenters. The van der Waals surface area contributed by atoms with Gasteiger partial charge >= 0.3 is 0 Å². The number of benzene rings is 1. The third-order valence-electron chi connectivity index (χ3n) is 1.90. The quantitative estimate of drug-likeness (QED) is 0.653. The summed E-state index contributed by atoms with van der Waals surface area (Å²) in [7, 11) is 0. The van der Waals surface area contributed by atoms with Crippen LogP contribution >= 0.6 is 23.2 Å². The van der Waals surface area contributed by atoms with Gasteiger partial charge in [0.05, 0.1) is 15.6 Å². The van der Waals surface area contributed by atoms with Crippen LogP contribution in [-0.2, 0) is 0 Å². The van der Waals surface area contributed by atoms with Crippen molar-refractivity contribution in [3.05, 3.63) is 33.8 Å². The highest BCUT2D eigenvalue weighted by molar-refractivity contribution is 6.39. The van der Waals surface area contributed by atoms with Crippen molar-refractivity contribution in [2.45, 2.75) is 13.3 Å². The molecule has 0 aromatic heterocycles. The van der Waals surface area contributed by atoms with E-state index in [4.69, 9.17) is 23.2 Å². The van der Waals surface area contributed by atoms with Crippen LogP contribution in [0.3, 0.4) is 0 Å². The van der Waals surface area contributed by atoms with Gasteiger partial charge < -0.3 is 5.32 Å². The van der Waals surface area contributed by atoms with Crippen molar-refractivity contribution in [1.29, 1.82) is 0 Å². The van der Waals surface area contributed by atoms with Crippen LogP contribution < -0.4 is 5.32 Å². The third-order valence-corrected chi connectivity index (χ3v) is 2.53. The first-order chi connectivity index (χ1) is 7.66. The fourth-order valence-electron chi connectivity index (χ4n) is 1.17. The summed E-state index contributed by atoms with van der Waals surface area (Å²) in [5.74, 6) is 5.33. The van der Waals surface area contributed by atoms with E-state index in [0.717, 1.165) is 0 Å². The molecule has 1 N–H and O–H groups in total. The molecule has 0 bridgehead atoms. The van der Waals surface area contributed by atoms with E-state index in [1.165, 1.54) is 0 Å². The summed E-state index contributed by atoms with van der Waals surface area (Å²) in [6.07, 6.45) is 0.615. The maximum Gasteiger partial charge on any atom is 0.254 e. The van der Waals surface area contributed by atoms with Gasteiger partial charge in [-0.1, -0.05) is 29.3 Å². The van der Waals surface area contributed by atoms with Gasteiger partial charge in [-0.3, -0.25) is 4.79 Å². The van der Waals surface area contributed by atoms with Crippen LogP contribution in [0, 0.1) is 11.8 Å². The molecule has 0 radical (unpaired) electrons. The number of amides is 1. The first-order valence-electron chi connectivity index (χ1n) is 4.78. The first-order valence-corrected chi connectivity index (χ1v) is 5.54. The molecule has 0 aliphatic carbocycles. The van der Waals surface area contributed by atoms with Crippen LogP contribution in [0.2, 0.25) is 10.0 Å². The molecule has 1 aromatic carbocycles. The van der Waals surface area contributed by atoms with Gasteiger partial charge in [-0.15, -0.1) is 11.8 Å². The standard InChI is InChI=1S/C12H11Cl2NO/c1-2-3-4-8-15-12(16)11-9(13)6-5-7-10(11)14/h5-7H,4,8H2,1H3,(H,15,16). The fourth-order valence-corrected chi connectivity index (χ4v) is 1.74. The lowest BCUT2D eigenvalue weighted by Gasteiger charge is -2.06. The minimum atomic E-state index is -0.270. The minimum Gasteiger partial charge on any atom is -0.351 e. The summed E-state index contributed by atoms with van der Waals surface area (Å²) in [6.45, 7) is 2.24. The van der Waals surface area contributed by atoms with E-state index in [-0.39, 0.29) is 5.91 Å². The third kappa shape index (κ3) is 3.44. The summed E-state index contributed by atoms with van der Waals surface area (Å²) < 4.78 is 0. The lowest BCUT2D eigenvalue weighted by molar-refractivity contribution is 0.0955. The lowest BCUT2D eigenvalue weighted by Crippen LogP contribution is -2.24. The number of carbonyl (C=O) groups is 1. The Hall–Kier alpha value is -1.17. The molecule has 0 heterocycles. The highest BCUT2D eigenvalue weighted by atomic mass is 35.5. The van der Waals surface area contributed by atoms with Crippen LogP contribution in [0.5, 0.6) is 0 Å². The topological polar surface area (TPSA) is 29.1 Å². The molecule has 1 amide bonds. The van der Waals surface area contributed by atoms with Gasteiger partial charge in [0.1, 0.15) is 0 Å². The van der Waals surface area contributed by atoms with Crippen molar-refractivity contribution >= 4 is 29.1 Å². The van der Waals surface area contributed by atoms with Gasteiger partial charge in [-0.2, -0.15) is 0 Å². The van der Waals surface area contributed by atoms with E-state index in [0.29, 0.717) is 28.6 Å². The van der Waals surface area contributed by atoms with Crippen LogP contribution in [0.1, 0.15) is 23.7 Å². The van der Waals surface area contributed by atoms with E-state index in [9.17, 15) is 4.79 Å². The molecule has 0 fully saturated rings. The van der Waals surface area contributed by atoms with Crippen molar-refractivity contribution < 1.29 is 4.79 Å². The Labute approximate surface area is 105 Å². The van der Waals surface area contributed by atoms with Gasteiger partial charge in [0.2, 0.25) is 0 Å². The zero-order valence-electron chi connectivity index (χ0n) is 8.81. The van der Waals surface area contributed by atoms with E-state index in [1.807, 2.05) is 0 Å². The highest BCUT2D eigenvalue weighted by Crippen LogP contribution is 2.23. The molecule has 1 rings (SSSR count). The lowest BCUT2D eigenvalue weighted by atomic mass is 10.2. The van der Waals surface area contributed by atoms with E-state index in [2.05, 4.69) is 17.2 Å². The van der Waals surface area contributed by atoms with Gasteiger partial charge in [0.25, 0.3) is 5.91 Å². The van der Waals surface area contributed by atoms with Gasteiger partial charge in [-0.05, 0) is 19.1 Å². The Morgan fingerprint density at radius 3 is 2.56 bits per heavy atom. The zero-order chi connectivity index (χ0) is 12.0. The van der Waals surface area contributed by atoms with Gasteiger partial charge in [0, 0.05) is 13.0 Å². The zero-order valence-corrected chi connectivity index (χ0v) is 10.3. The number of carbonyl (C=O) groups excluding carboxylic acids is 1. The molecule has 84 valence electrons. The van der Waals surface area contributed by atoms with Crippen molar-refractivity contribution in [2.75, 3.05) is 6.54 Å². The summed E-state index contributed by atoms with van der Waals surface area (Å²) in [5.41, 5.74) is 0.315. The molecule has 1 aromatic rings. The molecule has 16 heavy (non-hydrogen) atoms. The average molecular weight is 256 g/mol.